The van der Waals surface area contributed by atoms with Crippen molar-refractivity contribution >= 4 is 0 Å². The Hall–Kier alpha value is -1.54. The zero-order valence-electron chi connectivity index (χ0n) is 13.1. The zero-order chi connectivity index (χ0) is 14.7. The second kappa shape index (κ2) is 6.48. The summed E-state index contributed by atoms with van der Waals surface area (Å²) >= 11 is 0. The molecule has 1 heterocycles. The summed E-state index contributed by atoms with van der Waals surface area (Å²) in [6, 6.07) is 13.4. The van der Waals surface area contributed by atoms with E-state index in [4.69, 9.17) is 4.42 Å². The van der Waals surface area contributed by atoms with E-state index in [9.17, 15) is 0 Å². The Morgan fingerprint density at radius 3 is 2.71 bits per heavy atom. The molecule has 0 aliphatic heterocycles. The fourth-order valence-electron chi connectivity index (χ4n) is 3.01. The molecule has 1 N–H and O–H groups in total. The molecular weight excluding hydrogens is 258 g/mol. The van der Waals surface area contributed by atoms with E-state index in [-0.39, 0.29) is 6.04 Å². The molecule has 1 unspecified atom stereocenters. The molecule has 21 heavy (non-hydrogen) atoms. The van der Waals surface area contributed by atoms with Crippen LogP contribution in [0.1, 0.15) is 67.2 Å². The summed E-state index contributed by atoms with van der Waals surface area (Å²) in [5.74, 6) is 2.77. The summed E-state index contributed by atoms with van der Waals surface area (Å²) in [4.78, 5) is 0. The van der Waals surface area contributed by atoms with Crippen LogP contribution in [0, 0.1) is 6.92 Å². The standard InChI is InChI=1S/C19H25NO/c1-3-12-20-19(18-11-10-14(2)21-18)17-9-5-8-16(13-17)15-6-4-7-15/h5,8-11,13,15,19-20H,3-4,6-7,12H2,1-2H3. The van der Waals surface area contributed by atoms with E-state index in [1.54, 1.807) is 0 Å². The van der Waals surface area contributed by atoms with Gasteiger partial charge in [-0.15, -0.1) is 0 Å². The monoisotopic (exact) mass is 283 g/mol. The van der Waals surface area contributed by atoms with Crippen molar-refractivity contribution in [3.05, 3.63) is 59.0 Å². The molecule has 1 aliphatic rings. The Labute approximate surface area is 127 Å². The SMILES string of the molecule is CCCNC(c1cccc(C2CCC2)c1)c1ccc(C)o1. The van der Waals surface area contributed by atoms with E-state index >= 15 is 0 Å². The molecule has 1 atom stereocenters. The topological polar surface area (TPSA) is 25.2 Å². The van der Waals surface area contributed by atoms with Crippen LogP contribution < -0.4 is 5.32 Å². The van der Waals surface area contributed by atoms with Crippen LogP contribution in [0.3, 0.4) is 0 Å². The van der Waals surface area contributed by atoms with Crippen LogP contribution >= 0.6 is 0 Å². The number of aryl methyl sites for hydroxylation is 1. The zero-order valence-corrected chi connectivity index (χ0v) is 13.1. The Morgan fingerprint density at radius 2 is 2.10 bits per heavy atom. The highest BCUT2D eigenvalue weighted by atomic mass is 16.3. The third kappa shape index (κ3) is 3.21. The van der Waals surface area contributed by atoms with Crippen molar-refractivity contribution in [1.29, 1.82) is 0 Å². The second-order valence-electron chi connectivity index (χ2n) is 6.13. The second-order valence-corrected chi connectivity index (χ2v) is 6.13. The van der Waals surface area contributed by atoms with Crippen LogP contribution in [0.4, 0.5) is 0 Å². The molecule has 2 heteroatoms. The highest BCUT2D eigenvalue weighted by molar-refractivity contribution is 5.33. The lowest BCUT2D eigenvalue weighted by Gasteiger charge is -2.27. The average molecular weight is 283 g/mol. The van der Waals surface area contributed by atoms with Gasteiger partial charge in [-0.05, 0) is 61.9 Å². The number of rotatable bonds is 6. The highest BCUT2D eigenvalue weighted by Crippen LogP contribution is 2.37. The summed E-state index contributed by atoms with van der Waals surface area (Å²) in [7, 11) is 0. The Bertz CT molecular complexity index is 583. The molecular formula is C19H25NO. The maximum Gasteiger partial charge on any atom is 0.125 e. The van der Waals surface area contributed by atoms with Crippen LogP contribution in [-0.4, -0.2) is 6.54 Å². The van der Waals surface area contributed by atoms with Gasteiger partial charge in [-0.1, -0.05) is 37.6 Å². The fourth-order valence-corrected chi connectivity index (χ4v) is 3.01. The normalized spacial score (nSPS) is 16.7. The largest absolute Gasteiger partial charge is 0.464 e. The van der Waals surface area contributed by atoms with E-state index in [1.807, 2.05) is 13.0 Å². The summed E-state index contributed by atoms with van der Waals surface area (Å²) in [6.45, 7) is 5.20. The molecule has 0 spiro atoms. The van der Waals surface area contributed by atoms with Crippen molar-refractivity contribution in [2.75, 3.05) is 6.54 Å². The molecule has 2 nitrogen and oxygen atoms in total. The van der Waals surface area contributed by atoms with E-state index in [1.165, 1.54) is 30.4 Å². The van der Waals surface area contributed by atoms with Gasteiger partial charge in [0.2, 0.25) is 0 Å². The number of hydrogen-bond acceptors (Lipinski definition) is 2. The van der Waals surface area contributed by atoms with Gasteiger partial charge >= 0.3 is 0 Å². The van der Waals surface area contributed by atoms with E-state index in [0.29, 0.717) is 0 Å². The third-order valence-corrected chi connectivity index (χ3v) is 4.46. The van der Waals surface area contributed by atoms with E-state index < -0.39 is 0 Å². The van der Waals surface area contributed by atoms with E-state index in [2.05, 4.69) is 42.6 Å². The molecule has 1 aliphatic carbocycles. The third-order valence-electron chi connectivity index (χ3n) is 4.46. The van der Waals surface area contributed by atoms with Gasteiger partial charge in [0.1, 0.15) is 11.5 Å². The van der Waals surface area contributed by atoms with Gasteiger partial charge in [0.05, 0.1) is 6.04 Å². The molecule has 1 saturated carbocycles. The maximum absolute atomic E-state index is 5.88. The number of nitrogens with one attached hydrogen (secondary N) is 1. The minimum atomic E-state index is 0.165. The van der Waals surface area contributed by atoms with Crippen LogP contribution in [-0.2, 0) is 0 Å². The molecule has 0 amide bonds. The van der Waals surface area contributed by atoms with Gasteiger partial charge in [0, 0.05) is 0 Å². The predicted molar refractivity (Wildman–Crippen MR) is 86.6 cm³/mol. The average Bonchev–Trinajstić information content (AvgIpc) is 2.84. The minimum Gasteiger partial charge on any atom is -0.464 e. The lowest BCUT2D eigenvalue weighted by molar-refractivity contribution is 0.416. The summed E-state index contributed by atoms with van der Waals surface area (Å²) < 4.78 is 5.88. The first kappa shape index (κ1) is 14.4. The predicted octanol–water partition coefficient (Wildman–Crippen LogP) is 4.94. The van der Waals surface area contributed by atoms with Crippen molar-refractivity contribution in [1.82, 2.24) is 5.32 Å². The molecule has 0 bridgehead atoms. The summed E-state index contributed by atoms with van der Waals surface area (Å²) in [5, 5.41) is 3.62. The first-order chi connectivity index (χ1) is 10.3. The first-order valence-electron chi connectivity index (χ1n) is 8.17. The first-order valence-corrected chi connectivity index (χ1v) is 8.17. The molecule has 0 saturated heterocycles. The minimum absolute atomic E-state index is 0.165. The molecule has 1 aromatic carbocycles. The molecule has 0 radical (unpaired) electrons. The van der Waals surface area contributed by atoms with Crippen LogP contribution in [0.15, 0.2) is 40.8 Å². The lowest BCUT2D eigenvalue weighted by Crippen LogP contribution is -2.23. The van der Waals surface area contributed by atoms with Crippen LogP contribution in [0.5, 0.6) is 0 Å². The molecule has 1 aromatic heterocycles. The van der Waals surface area contributed by atoms with Crippen molar-refractivity contribution < 1.29 is 4.42 Å². The Balaban J connectivity index is 1.88. The van der Waals surface area contributed by atoms with Gasteiger partial charge < -0.3 is 9.73 Å². The maximum atomic E-state index is 5.88. The van der Waals surface area contributed by atoms with Crippen LogP contribution in [0.25, 0.3) is 0 Å². The number of hydrogen-bond donors (Lipinski definition) is 1. The molecule has 112 valence electrons. The number of benzene rings is 1. The number of furan rings is 1. The highest BCUT2D eigenvalue weighted by Gasteiger charge is 2.22. The van der Waals surface area contributed by atoms with Gasteiger partial charge in [-0.3, -0.25) is 0 Å². The molecule has 3 rings (SSSR count). The van der Waals surface area contributed by atoms with Crippen molar-refractivity contribution in [2.45, 2.75) is 51.5 Å². The summed E-state index contributed by atoms with van der Waals surface area (Å²) in [5.41, 5.74) is 2.81. The van der Waals surface area contributed by atoms with Gasteiger partial charge in [0.15, 0.2) is 0 Å². The lowest BCUT2D eigenvalue weighted by atomic mass is 9.79. The Morgan fingerprint density at radius 1 is 1.24 bits per heavy atom. The van der Waals surface area contributed by atoms with Gasteiger partial charge in [0.25, 0.3) is 0 Å². The smallest absolute Gasteiger partial charge is 0.125 e. The Kier molecular flexibility index (Phi) is 4.45. The molecule has 1 fully saturated rings. The quantitative estimate of drug-likeness (QED) is 0.812. The molecule has 2 aromatic rings. The van der Waals surface area contributed by atoms with Crippen molar-refractivity contribution in [3.8, 4) is 0 Å². The van der Waals surface area contributed by atoms with Gasteiger partial charge in [-0.25, -0.2) is 0 Å². The fraction of sp³-hybridized carbons (Fsp3) is 0.474. The van der Waals surface area contributed by atoms with Crippen LogP contribution in [0.2, 0.25) is 0 Å². The van der Waals surface area contributed by atoms with Crippen molar-refractivity contribution in [2.24, 2.45) is 0 Å². The van der Waals surface area contributed by atoms with E-state index in [0.717, 1.165) is 30.4 Å². The van der Waals surface area contributed by atoms with Crippen molar-refractivity contribution in [3.63, 3.8) is 0 Å². The summed E-state index contributed by atoms with van der Waals surface area (Å²) in [6.07, 6.45) is 5.19. The van der Waals surface area contributed by atoms with Gasteiger partial charge in [-0.2, -0.15) is 0 Å².